The fraction of sp³-hybridized carbons (Fsp3) is 0.500. The van der Waals surface area contributed by atoms with E-state index in [1.807, 2.05) is 0 Å². The number of halogens is 1. The molecule has 11 heteroatoms. The lowest BCUT2D eigenvalue weighted by molar-refractivity contribution is 0.0973. The van der Waals surface area contributed by atoms with Crippen molar-refractivity contribution in [2.24, 2.45) is 11.1 Å². The number of fused-ring (bicyclic) bond motifs is 1. The van der Waals surface area contributed by atoms with Crippen molar-refractivity contribution in [3.05, 3.63) is 34.1 Å². The summed E-state index contributed by atoms with van der Waals surface area (Å²) in [5, 5.41) is 7.85. The second-order valence-corrected chi connectivity index (χ2v) is 9.96. The monoisotopic (exact) mass is 526 g/mol. The van der Waals surface area contributed by atoms with E-state index in [0.29, 0.717) is 52.2 Å². The number of aromatic amines is 1. The number of ether oxygens (including phenoxy) is 4. The van der Waals surface area contributed by atoms with Gasteiger partial charge in [0.1, 0.15) is 34.0 Å². The highest BCUT2D eigenvalue weighted by atomic mass is 35.5. The Kier molecular flexibility index (Phi) is 7.14. The zero-order valence-electron chi connectivity index (χ0n) is 21.4. The van der Waals surface area contributed by atoms with E-state index >= 15 is 0 Å². The minimum Gasteiger partial charge on any atom is -0.495 e. The summed E-state index contributed by atoms with van der Waals surface area (Å²) in [6.07, 6.45) is 1.96. The molecule has 10 nitrogen and oxygen atoms in total. The van der Waals surface area contributed by atoms with Crippen LogP contribution in [0.5, 0.6) is 11.5 Å². The highest BCUT2D eigenvalue weighted by Gasteiger charge is 2.47. The number of hydrogen-bond donors (Lipinski definition) is 2. The summed E-state index contributed by atoms with van der Waals surface area (Å²) in [6, 6.07) is 3.43. The Morgan fingerprint density at radius 2 is 1.86 bits per heavy atom. The zero-order chi connectivity index (χ0) is 26.2. The topological polar surface area (TPSA) is 121 Å². The van der Waals surface area contributed by atoms with Crippen molar-refractivity contribution in [1.82, 2.24) is 20.2 Å². The molecule has 2 aliphatic rings. The molecule has 2 saturated heterocycles. The lowest BCUT2D eigenvalue weighted by Crippen LogP contribution is -2.51. The predicted octanol–water partition coefficient (Wildman–Crippen LogP) is 2.90. The fourth-order valence-corrected chi connectivity index (χ4v) is 5.40. The Morgan fingerprint density at radius 1 is 1.16 bits per heavy atom. The number of nitrogens with zero attached hydrogens (tertiary/aromatic N) is 4. The number of hydrogen-bond acceptors (Lipinski definition) is 9. The average Bonchev–Trinajstić information content (AvgIpc) is 3.43. The molecule has 196 valence electrons. The number of piperidine rings is 1. The second-order valence-electron chi connectivity index (χ2n) is 9.52. The Labute approximate surface area is 220 Å². The third-order valence-electron chi connectivity index (χ3n) is 7.41. The summed E-state index contributed by atoms with van der Waals surface area (Å²) < 4.78 is 22.2. The van der Waals surface area contributed by atoms with Gasteiger partial charge in [0.05, 0.1) is 33.5 Å². The normalized spacial score (nSPS) is 20.8. The molecule has 1 spiro atoms. The maximum absolute atomic E-state index is 6.50. The van der Waals surface area contributed by atoms with Crippen LogP contribution in [0.4, 0.5) is 5.82 Å². The first-order valence-corrected chi connectivity index (χ1v) is 12.6. The quantitative estimate of drug-likeness (QED) is 0.483. The van der Waals surface area contributed by atoms with Gasteiger partial charge in [0.2, 0.25) is 5.65 Å². The highest BCUT2D eigenvalue weighted by Crippen LogP contribution is 2.42. The summed E-state index contributed by atoms with van der Waals surface area (Å²) in [5.41, 5.74) is 9.43. The number of nitrogens with two attached hydrogens (primary N) is 1. The third-order valence-corrected chi connectivity index (χ3v) is 7.63. The molecule has 4 heterocycles. The number of anilines is 1. The van der Waals surface area contributed by atoms with Gasteiger partial charge in [0.25, 0.3) is 0 Å². The molecule has 0 unspecified atom stereocenters. The summed E-state index contributed by atoms with van der Waals surface area (Å²) in [5.74, 6) is 8.01. The number of benzene rings is 1. The van der Waals surface area contributed by atoms with Gasteiger partial charge in [-0.1, -0.05) is 17.5 Å². The standard InChI is InChI=1S/C26H31ClN6O4/c1-15-23(28)26(14-37-15)7-9-33(10-8-26)25-19(13-34-2)29-22-18(31-32-24(22)30-25)6-5-17-20(35-3)11-16(27)12-21(17)36-4/h11-12,15,23H,7-10,13-14,28H2,1-4H3,(H,30,31,32)/t15-,23+/m0/s1. The van der Waals surface area contributed by atoms with Crippen LogP contribution in [0.15, 0.2) is 12.1 Å². The molecule has 2 aromatic heterocycles. The molecule has 1 aromatic carbocycles. The molecule has 2 aliphatic heterocycles. The smallest absolute Gasteiger partial charge is 0.202 e. The first-order chi connectivity index (χ1) is 17.9. The number of aromatic nitrogens is 4. The van der Waals surface area contributed by atoms with E-state index in [1.165, 1.54) is 0 Å². The Bertz CT molecular complexity index is 1330. The number of nitrogens with one attached hydrogen (secondary N) is 1. The van der Waals surface area contributed by atoms with E-state index < -0.39 is 0 Å². The van der Waals surface area contributed by atoms with Crippen LogP contribution in [0.3, 0.4) is 0 Å². The van der Waals surface area contributed by atoms with E-state index in [0.717, 1.165) is 37.4 Å². The predicted molar refractivity (Wildman–Crippen MR) is 140 cm³/mol. The first-order valence-electron chi connectivity index (χ1n) is 12.2. The molecule has 0 bridgehead atoms. The molecule has 2 fully saturated rings. The van der Waals surface area contributed by atoms with E-state index in [2.05, 4.69) is 33.9 Å². The van der Waals surface area contributed by atoms with Gasteiger partial charge in [0.15, 0.2) is 5.82 Å². The average molecular weight is 527 g/mol. The van der Waals surface area contributed by atoms with Crippen molar-refractivity contribution in [3.8, 4) is 23.3 Å². The van der Waals surface area contributed by atoms with Crippen LogP contribution in [-0.2, 0) is 16.1 Å². The minimum atomic E-state index is 0.0216. The lowest BCUT2D eigenvalue weighted by atomic mass is 9.73. The molecule has 3 N–H and O–H groups in total. The molecule has 2 atom stereocenters. The highest BCUT2D eigenvalue weighted by molar-refractivity contribution is 6.31. The largest absolute Gasteiger partial charge is 0.495 e. The van der Waals surface area contributed by atoms with Crippen molar-refractivity contribution in [2.45, 2.75) is 38.5 Å². The van der Waals surface area contributed by atoms with E-state index in [1.54, 1.807) is 33.5 Å². The number of H-pyrrole nitrogens is 1. The van der Waals surface area contributed by atoms with Crippen molar-refractivity contribution in [2.75, 3.05) is 45.9 Å². The van der Waals surface area contributed by atoms with Crippen molar-refractivity contribution in [3.63, 3.8) is 0 Å². The Morgan fingerprint density at radius 3 is 2.46 bits per heavy atom. The second kappa shape index (κ2) is 10.3. The van der Waals surface area contributed by atoms with Crippen LogP contribution >= 0.6 is 11.6 Å². The van der Waals surface area contributed by atoms with Gasteiger partial charge in [-0.2, -0.15) is 5.10 Å². The number of rotatable bonds is 5. The molecule has 0 amide bonds. The van der Waals surface area contributed by atoms with Crippen LogP contribution in [0.2, 0.25) is 5.02 Å². The minimum absolute atomic E-state index is 0.0216. The van der Waals surface area contributed by atoms with Gasteiger partial charge in [-0.05, 0) is 25.7 Å². The SMILES string of the molecule is COCc1nc2c(C#Cc3c(OC)cc(Cl)cc3OC)[nH]nc2nc1N1CCC2(CC1)CO[C@@H](C)[C@H]2N. The molecule has 37 heavy (non-hydrogen) atoms. The van der Waals surface area contributed by atoms with Gasteiger partial charge in [-0.3, -0.25) is 5.10 Å². The zero-order valence-corrected chi connectivity index (χ0v) is 22.2. The van der Waals surface area contributed by atoms with Gasteiger partial charge >= 0.3 is 0 Å². The van der Waals surface area contributed by atoms with Gasteiger partial charge in [0, 0.05) is 48.8 Å². The van der Waals surface area contributed by atoms with Gasteiger partial charge in [-0.15, -0.1) is 0 Å². The first kappa shape index (κ1) is 25.5. The Hall–Kier alpha value is -3.10. The van der Waals surface area contributed by atoms with Crippen LogP contribution in [0.25, 0.3) is 11.2 Å². The summed E-state index contributed by atoms with van der Waals surface area (Å²) in [4.78, 5) is 12.0. The van der Waals surface area contributed by atoms with Gasteiger partial charge < -0.3 is 29.6 Å². The molecule has 0 radical (unpaired) electrons. The summed E-state index contributed by atoms with van der Waals surface area (Å²) in [6.45, 7) is 4.71. The van der Waals surface area contributed by atoms with Crippen molar-refractivity contribution < 1.29 is 18.9 Å². The molecule has 5 rings (SSSR count). The van der Waals surface area contributed by atoms with Crippen LogP contribution in [0, 0.1) is 17.3 Å². The van der Waals surface area contributed by atoms with Gasteiger partial charge in [-0.25, -0.2) is 9.97 Å². The molecular weight excluding hydrogens is 496 g/mol. The van der Waals surface area contributed by atoms with Crippen molar-refractivity contribution >= 4 is 28.6 Å². The van der Waals surface area contributed by atoms with E-state index in [9.17, 15) is 0 Å². The maximum atomic E-state index is 6.50. The van der Waals surface area contributed by atoms with Crippen molar-refractivity contribution in [1.29, 1.82) is 0 Å². The molecule has 0 saturated carbocycles. The number of methoxy groups -OCH3 is 3. The maximum Gasteiger partial charge on any atom is 0.202 e. The van der Waals surface area contributed by atoms with Crippen LogP contribution in [0.1, 0.15) is 36.7 Å². The van der Waals surface area contributed by atoms with Crippen LogP contribution < -0.4 is 20.1 Å². The Balaban J connectivity index is 1.46. The summed E-state index contributed by atoms with van der Waals surface area (Å²) >= 11 is 6.16. The molecule has 3 aromatic rings. The summed E-state index contributed by atoms with van der Waals surface area (Å²) in [7, 11) is 4.76. The van der Waals surface area contributed by atoms with E-state index in [-0.39, 0.29) is 17.6 Å². The molecule has 0 aliphatic carbocycles. The third kappa shape index (κ3) is 4.68. The molecular formula is C26H31ClN6O4. The lowest BCUT2D eigenvalue weighted by Gasteiger charge is -2.41. The van der Waals surface area contributed by atoms with Crippen LogP contribution in [-0.4, -0.2) is 73.3 Å². The fourth-order valence-electron chi connectivity index (χ4n) is 5.20. The van der Waals surface area contributed by atoms with E-state index in [4.69, 9.17) is 46.3 Å².